The van der Waals surface area contributed by atoms with Crippen molar-refractivity contribution in [2.75, 3.05) is 13.1 Å². The van der Waals surface area contributed by atoms with E-state index in [1.807, 2.05) is 6.92 Å². The second-order valence-corrected chi connectivity index (χ2v) is 3.88. The van der Waals surface area contributed by atoms with Crippen LogP contribution >= 0.6 is 0 Å². The van der Waals surface area contributed by atoms with Crippen LogP contribution in [0.2, 0.25) is 0 Å². The second-order valence-electron chi connectivity index (χ2n) is 3.88. The van der Waals surface area contributed by atoms with Gasteiger partial charge in [0.15, 0.2) is 5.82 Å². The molecule has 2 heterocycles. The topological polar surface area (TPSA) is 51.0 Å². The first-order chi connectivity index (χ1) is 6.25. The molecule has 0 saturated carbocycles. The third kappa shape index (κ3) is 1.88. The maximum atomic E-state index is 5.15. The molecule has 0 radical (unpaired) electrons. The largest absolute Gasteiger partial charge is 0.339 e. The summed E-state index contributed by atoms with van der Waals surface area (Å²) in [6, 6.07) is 0. The third-order valence-electron chi connectivity index (χ3n) is 2.46. The standard InChI is InChI=1S/C9H15N3O/c1-6-3-8(5-10-4-6)9-11-7(2)12-13-9/h6,8,10H,3-5H2,1-2H3/t6-,8+/m0/s1. The predicted molar refractivity (Wildman–Crippen MR) is 48.4 cm³/mol. The molecule has 4 nitrogen and oxygen atoms in total. The number of piperidine rings is 1. The van der Waals surface area contributed by atoms with Gasteiger partial charge >= 0.3 is 0 Å². The van der Waals surface area contributed by atoms with E-state index in [2.05, 4.69) is 22.4 Å². The van der Waals surface area contributed by atoms with E-state index < -0.39 is 0 Å². The van der Waals surface area contributed by atoms with Gasteiger partial charge in [0.25, 0.3) is 0 Å². The van der Waals surface area contributed by atoms with E-state index in [1.54, 1.807) is 0 Å². The molecular formula is C9H15N3O. The van der Waals surface area contributed by atoms with Crippen LogP contribution in [-0.4, -0.2) is 23.2 Å². The molecule has 4 heteroatoms. The monoisotopic (exact) mass is 181 g/mol. The van der Waals surface area contributed by atoms with Crippen molar-refractivity contribution in [3.8, 4) is 0 Å². The van der Waals surface area contributed by atoms with Crippen LogP contribution in [0, 0.1) is 12.8 Å². The van der Waals surface area contributed by atoms with E-state index in [4.69, 9.17) is 4.52 Å². The zero-order chi connectivity index (χ0) is 9.26. The Balaban J connectivity index is 2.08. The lowest BCUT2D eigenvalue weighted by Crippen LogP contribution is -2.33. The van der Waals surface area contributed by atoms with E-state index in [1.165, 1.54) is 0 Å². The minimum Gasteiger partial charge on any atom is -0.339 e. The molecule has 13 heavy (non-hydrogen) atoms. The zero-order valence-electron chi connectivity index (χ0n) is 8.08. The van der Waals surface area contributed by atoms with Crippen LogP contribution in [0.5, 0.6) is 0 Å². The molecule has 72 valence electrons. The van der Waals surface area contributed by atoms with E-state index in [0.717, 1.165) is 31.2 Å². The van der Waals surface area contributed by atoms with Crippen molar-refractivity contribution in [1.82, 2.24) is 15.5 Å². The van der Waals surface area contributed by atoms with Crippen LogP contribution in [0.4, 0.5) is 0 Å². The Bertz CT molecular complexity index is 284. The number of hydrogen-bond acceptors (Lipinski definition) is 4. The molecule has 0 aliphatic carbocycles. The summed E-state index contributed by atoms with van der Waals surface area (Å²) in [6.07, 6.45) is 1.15. The average molecular weight is 181 g/mol. The first-order valence-electron chi connectivity index (χ1n) is 4.76. The Morgan fingerprint density at radius 1 is 1.46 bits per heavy atom. The van der Waals surface area contributed by atoms with Crippen molar-refractivity contribution in [2.45, 2.75) is 26.2 Å². The molecule has 0 bridgehead atoms. The van der Waals surface area contributed by atoms with Crippen molar-refractivity contribution in [3.63, 3.8) is 0 Å². The smallest absolute Gasteiger partial charge is 0.231 e. The highest BCUT2D eigenvalue weighted by Gasteiger charge is 2.24. The number of hydrogen-bond donors (Lipinski definition) is 1. The van der Waals surface area contributed by atoms with Gasteiger partial charge in [0.1, 0.15) is 0 Å². The summed E-state index contributed by atoms with van der Waals surface area (Å²) in [5, 5.41) is 7.17. The number of rotatable bonds is 1. The summed E-state index contributed by atoms with van der Waals surface area (Å²) < 4.78 is 5.15. The number of nitrogens with zero attached hydrogens (tertiary/aromatic N) is 2. The van der Waals surface area contributed by atoms with E-state index >= 15 is 0 Å². The molecule has 1 aliphatic heterocycles. The summed E-state index contributed by atoms with van der Waals surface area (Å²) in [5.74, 6) is 2.63. The van der Waals surface area contributed by atoms with Crippen molar-refractivity contribution in [1.29, 1.82) is 0 Å². The van der Waals surface area contributed by atoms with E-state index in [-0.39, 0.29) is 0 Å². The molecule has 0 spiro atoms. The van der Waals surface area contributed by atoms with Crippen LogP contribution in [0.15, 0.2) is 4.52 Å². The molecule has 1 aliphatic rings. The van der Waals surface area contributed by atoms with Gasteiger partial charge in [-0.3, -0.25) is 0 Å². The predicted octanol–water partition coefficient (Wildman–Crippen LogP) is 1.09. The molecule has 1 aromatic heterocycles. The Kier molecular flexibility index (Phi) is 2.31. The molecule has 1 fully saturated rings. The Morgan fingerprint density at radius 2 is 2.31 bits per heavy atom. The lowest BCUT2D eigenvalue weighted by atomic mass is 9.92. The molecule has 0 aromatic carbocycles. The van der Waals surface area contributed by atoms with Crippen LogP contribution in [0.25, 0.3) is 0 Å². The zero-order valence-corrected chi connectivity index (χ0v) is 8.08. The van der Waals surface area contributed by atoms with Crippen molar-refractivity contribution < 1.29 is 4.52 Å². The fraction of sp³-hybridized carbons (Fsp3) is 0.778. The van der Waals surface area contributed by atoms with Gasteiger partial charge in [-0.15, -0.1) is 0 Å². The minimum absolute atomic E-state index is 0.407. The highest BCUT2D eigenvalue weighted by atomic mass is 16.5. The number of aromatic nitrogens is 2. The summed E-state index contributed by atoms with van der Waals surface area (Å²) in [4.78, 5) is 4.25. The fourth-order valence-corrected chi connectivity index (χ4v) is 1.82. The van der Waals surface area contributed by atoms with Gasteiger partial charge in [0, 0.05) is 6.54 Å². The van der Waals surface area contributed by atoms with Crippen LogP contribution < -0.4 is 5.32 Å². The summed E-state index contributed by atoms with van der Waals surface area (Å²) in [6.45, 7) is 6.16. The Hall–Kier alpha value is -0.900. The summed E-state index contributed by atoms with van der Waals surface area (Å²) in [5.41, 5.74) is 0. The SMILES string of the molecule is Cc1noc([C@H]2CNC[C@@H](C)C2)n1. The molecule has 2 rings (SSSR count). The first-order valence-corrected chi connectivity index (χ1v) is 4.76. The number of nitrogens with one attached hydrogen (secondary N) is 1. The van der Waals surface area contributed by atoms with Gasteiger partial charge in [-0.25, -0.2) is 0 Å². The quantitative estimate of drug-likeness (QED) is 0.704. The Morgan fingerprint density at radius 3 is 2.92 bits per heavy atom. The maximum Gasteiger partial charge on any atom is 0.231 e. The van der Waals surface area contributed by atoms with E-state index in [0.29, 0.717) is 11.8 Å². The lowest BCUT2D eigenvalue weighted by molar-refractivity contribution is 0.288. The van der Waals surface area contributed by atoms with Crippen molar-refractivity contribution in [2.24, 2.45) is 5.92 Å². The molecule has 1 aromatic rings. The minimum atomic E-state index is 0.407. The normalized spacial score (nSPS) is 29.1. The average Bonchev–Trinajstić information content (AvgIpc) is 2.52. The lowest BCUT2D eigenvalue weighted by Gasteiger charge is -2.24. The van der Waals surface area contributed by atoms with Gasteiger partial charge < -0.3 is 9.84 Å². The van der Waals surface area contributed by atoms with Crippen molar-refractivity contribution in [3.05, 3.63) is 11.7 Å². The van der Waals surface area contributed by atoms with Crippen LogP contribution in [-0.2, 0) is 0 Å². The molecule has 0 unspecified atom stereocenters. The molecule has 2 atom stereocenters. The molecule has 1 saturated heterocycles. The Labute approximate surface area is 77.7 Å². The van der Waals surface area contributed by atoms with Crippen molar-refractivity contribution >= 4 is 0 Å². The van der Waals surface area contributed by atoms with Gasteiger partial charge in [-0.2, -0.15) is 4.98 Å². The second kappa shape index (κ2) is 3.46. The number of aryl methyl sites for hydroxylation is 1. The van der Waals surface area contributed by atoms with Crippen LogP contribution in [0.1, 0.15) is 31.0 Å². The maximum absolute atomic E-state index is 5.15. The van der Waals surface area contributed by atoms with Gasteiger partial charge in [0.05, 0.1) is 5.92 Å². The van der Waals surface area contributed by atoms with Gasteiger partial charge in [-0.05, 0) is 25.8 Å². The van der Waals surface area contributed by atoms with Gasteiger partial charge in [0.2, 0.25) is 5.89 Å². The third-order valence-corrected chi connectivity index (χ3v) is 2.46. The summed E-state index contributed by atoms with van der Waals surface area (Å²) in [7, 11) is 0. The fourth-order valence-electron chi connectivity index (χ4n) is 1.82. The highest BCUT2D eigenvalue weighted by Crippen LogP contribution is 2.24. The molecule has 1 N–H and O–H groups in total. The van der Waals surface area contributed by atoms with Gasteiger partial charge in [-0.1, -0.05) is 12.1 Å². The van der Waals surface area contributed by atoms with Crippen LogP contribution in [0.3, 0.4) is 0 Å². The summed E-state index contributed by atoms with van der Waals surface area (Å²) >= 11 is 0. The highest BCUT2D eigenvalue weighted by molar-refractivity contribution is 4.96. The molecular weight excluding hydrogens is 166 g/mol. The molecule has 0 amide bonds. The van der Waals surface area contributed by atoms with E-state index in [9.17, 15) is 0 Å². The first kappa shape index (κ1) is 8.69.